The smallest absolute Gasteiger partial charge is 0.410 e. The number of nitrogens with zero attached hydrogens (tertiary/aromatic N) is 1. The lowest BCUT2D eigenvalue weighted by Crippen LogP contribution is -2.39. The van der Waals surface area contributed by atoms with E-state index in [0.717, 1.165) is 30.0 Å². The molecule has 0 saturated heterocycles. The van der Waals surface area contributed by atoms with Crippen LogP contribution in [-0.2, 0) is 4.74 Å². The topological polar surface area (TPSA) is 50.8 Å². The average Bonchev–Trinajstić information content (AvgIpc) is 2.53. The number of rotatable bonds is 1. The largest absolute Gasteiger partial charge is 0.489 e. The summed E-state index contributed by atoms with van der Waals surface area (Å²) in [6, 6.07) is 6.16. The molecule has 5 nitrogen and oxygen atoms in total. The van der Waals surface area contributed by atoms with Crippen LogP contribution in [0.5, 0.6) is 5.75 Å². The fraction of sp³-hybridized carbons (Fsp3) is 0.500. The lowest BCUT2D eigenvalue weighted by Gasteiger charge is -2.30. The fourth-order valence-corrected chi connectivity index (χ4v) is 2.83. The first-order valence-corrected chi connectivity index (χ1v) is 8.11. The minimum Gasteiger partial charge on any atom is -0.489 e. The highest BCUT2D eigenvalue weighted by atomic mass is 16.6. The van der Waals surface area contributed by atoms with E-state index in [0.29, 0.717) is 19.7 Å². The van der Waals surface area contributed by atoms with Crippen molar-refractivity contribution in [3.8, 4) is 5.75 Å². The van der Waals surface area contributed by atoms with Crippen molar-refractivity contribution in [2.24, 2.45) is 0 Å². The molecule has 2 aliphatic heterocycles. The van der Waals surface area contributed by atoms with E-state index in [9.17, 15) is 4.79 Å². The first-order chi connectivity index (χ1) is 10.9. The van der Waals surface area contributed by atoms with E-state index >= 15 is 0 Å². The van der Waals surface area contributed by atoms with Crippen molar-refractivity contribution < 1.29 is 14.3 Å². The molecule has 0 fully saturated rings. The molecule has 5 heteroatoms. The number of fused-ring (bicyclic) bond motifs is 1. The van der Waals surface area contributed by atoms with Gasteiger partial charge in [0.25, 0.3) is 0 Å². The number of hydrogen-bond acceptors (Lipinski definition) is 4. The third kappa shape index (κ3) is 3.60. The maximum Gasteiger partial charge on any atom is 0.410 e. The standard InChI is InChI=1S/C18H24N2O3/c1-18(2,3)23-17(21)20-10-7-13(8-11-20)14-5-4-6-15-16(14)22-12-9-19-15/h4-7,19H,8-12H2,1-3H3. The van der Waals surface area contributed by atoms with Crippen LogP contribution in [0, 0.1) is 0 Å². The first-order valence-electron chi connectivity index (χ1n) is 8.11. The number of amides is 1. The van der Waals surface area contributed by atoms with Gasteiger partial charge in [-0.3, -0.25) is 0 Å². The molecule has 124 valence electrons. The molecule has 1 N–H and O–H groups in total. The molecule has 0 radical (unpaired) electrons. The number of nitrogens with one attached hydrogen (secondary N) is 1. The van der Waals surface area contributed by atoms with E-state index in [1.165, 1.54) is 5.57 Å². The Morgan fingerprint density at radius 1 is 1.35 bits per heavy atom. The molecular weight excluding hydrogens is 292 g/mol. The van der Waals surface area contributed by atoms with Crippen molar-refractivity contribution in [3.05, 3.63) is 29.8 Å². The second-order valence-electron chi connectivity index (χ2n) is 6.86. The molecule has 2 heterocycles. The van der Waals surface area contributed by atoms with Crippen molar-refractivity contribution in [3.63, 3.8) is 0 Å². The number of carbonyl (C=O) groups is 1. The highest BCUT2D eigenvalue weighted by Crippen LogP contribution is 2.37. The molecule has 1 aromatic carbocycles. The van der Waals surface area contributed by atoms with Crippen LogP contribution in [0.15, 0.2) is 24.3 Å². The highest BCUT2D eigenvalue weighted by Gasteiger charge is 2.25. The quantitative estimate of drug-likeness (QED) is 0.861. The zero-order chi connectivity index (χ0) is 16.4. The Kier molecular flexibility index (Phi) is 4.20. The molecule has 0 atom stereocenters. The Morgan fingerprint density at radius 3 is 2.87 bits per heavy atom. The number of ether oxygens (including phenoxy) is 2. The summed E-state index contributed by atoms with van der Waals surface area (Å²) in [4.78, 5) is 13.9. The van der Waals surface area contributed by atoms with Crippen LogP contribution in [0.2, 0.25) is 0 Å². The lowest BCUT2D eigenvalue weighted by molar-refractivity contribution is 0.0270. The molecular formula is C18H24N2O3. The van der Waals surface area contributed by atoms with Gasteiger partial charge in [0.1, 0.15) is 18.0 Å². The maximum atomic E-state index is 12.1. The fourth-order valence-electron chi connectivity index (χ4n) is 2.83. The maximum absolute atomic E-state index is 12.1. The Labute approximate surface area is 137 Å². The van der Waals surface area contributed by atoms with Gasteiger partial charge in [-0.1, -0.05) is 18.2 Å². The third-order valence-electron chi connectivity index (χ3n) is 3.89. The minimum atomic E-state index is -0.459. The van der Waals surface area contributed by atoms with E-state index in [-0.39, 0.29) is 6.09 Å². The van der Waals surface area contributed by atoms with Gasteiger partial charge in [0.05, 0.1) is 5.69 Å². The molecule has 1 amide bonds. The van der Waals surface area contributed by atoms with E-state index in [1.807, 2.05) is 32.9 Å². The summed E-state index contributed by atoms with van der Waals surface area (Å²) in [5.41, 5.74) is 2.94. The van der Waals surface area contributed by atoms with Gasteiger partial charge in [-0.05, 0) is 38.8 Å². The average molecular weight is 316 g/mol. The van der Waals surface area contributed by atoms with Crippen molar-refractivity contribution in [2.45, 2.75) is 32.8 Å². The van der Waals surface area contributed by atoms with Gasteiger partial charge in [0.2, 0.25) is 0 Å². The second-order valence-corrected chi connectivity index (χ2v) is 6.86. The van der Waals surface area contributed by atoms with Gasteiger partial charge in [0, 0.05) is 25.2 Å². The summed E-state index contributed by atoms with van der Waals surface area (Å²) >= 11 is 0. The third-order valence-corrected chi connectivity index (χ3v) is 3.89. The number of carbonyl (C=O) groups excluding carboxylic acids is 1. The van der Waals surface area contributed by atoms with Gasteiger partial charge >= 0.3 is 6.09 Å². The van der Waals surface area contributed by atoms with Gasteiger partial charge in [-0.25, -0.2) is 4.79 Å². The number of para-hydroxylation sites is 1. The zero-order valence-corrected chi connectivity index (χ0v) is 14.0. The van der Waals surface area contributed by atoms with Crippen LogP contribution in [0.3, 0.4) is 0 Å². The normalized spacial score (nSPS) is 17.5. The first kappa shape index (κ1) is 15.7. The van der Waals surface area contributed by atoms with Crippen LogP contribution in [0.25, 0.3) is 5.57 Å². The van der Waals surface area contributed by atoms with Crippen LogP contribution in [0.4, 0.5) is 10.5 Å². The monoisotopic (exact) mass is 316 g/mol. The van der Waals surface area contributed by atoms with Crippen LogP contribution in [-0.4, -0.2) is 42.8 Å². The Bertz CT molecular complexity index is 632. The zero-order valence-electron chi connectivity index (χ0n) is 14.0. The molecule has 0 aliphatic carbocycles. The molecule has 3 rings (SSSR count). The SMILES string of the molecule is CC(C)(C)OC(=O)N1CC=C(c2cccc3c2OCCN3)CC1. The molecule has 0 saturated carbocycles. The van der Waals surface area contributed by atoms with Crippen LogP contribution >= 0.6 is 0 Å². The van der Waals surface area contributed by atoms with Gasteiger partial charge in [-0.15, -0.1) is 0 Å². The predicted molar refractivity (Wildman–Crippen MR) is 90.8 cm³/mol. The van der Waals surface area contributed by atoms with Crippen LogP contribution < -0.4 is 10.1 Å². The van der Waals surface area contributed by atoms with Gasteiger partial charge in [-0.2, -0.15) is 0 Å². The summed E-state index contributed by atoms with van der Waals surface area (Å²) in [6.45, 7) is 8.41. The van der Waals surface area contributed by atoms with Crippen molar-refractivity contribution >= 4 is 17.4 Å². The van der Waals surface area contributed by atoms with Crippen LogP contribution in [0.1, 0.15) is 32.8 Å². The lowest BCUT2D eigenvalue weighted by atomic mass is 9.97. The van der Waals surface area contributed by atoms with Gasteiger partial charge in [0.15, 0.2) is 0 Å². The van der Waals surface area contributed by atoms with E-state index in [1.54, 1.807) is 4.90 Å². The summed E-state index contributed by atoms with van der Waals surface area (Å²) in [5.74, 6) is 0.927. The Hall–Kier alpha value is -2.17. The number of benzene rings is 1. The second kappa shape index (κ2) is 6.14. The molecule has 0 bridgehead atoms. The van der Waals surface area contributed by atoms with Crippen molar-refractivity contribution in [2.75, 3.05) is 31.6 Å². The Morgan fingerprint density at radius 2 is 2.17 bits per heavy atom. The molecule has 0 aromatic heterocycles. The number of anilines is 1. The molecule has 2 aliphatic rings. The highest BCUT2D eigenvalue weighted by molar-refractivity contribution is 5.79. The summed E-state index contributed by atoms with van der Waals surface area (Å²) in [7, 11) is 0. The molecule has 23 heavy (non-hydrogen) atoms. The van der Waals surface area contributed by atoms with Crippen molar-refractivity contribution in [1.29, 1.82) is 0 Å². The van der Waals surface area contributed by atoms with E-state index < -0.39 is 5.60 Å². The molecule has 0 unspecified atom stereocenters. The molecule has 0 spiro atoms. The number of hydrogen-bond donors (Lipinski definition) is 1. The predicted octanol–water partition coefficient (Wildman–Crippen LogP) is 3.52. The summed E-state index contributed by atoms with van der Waals surface area (Å²) in [6.07, 6.45) is 2.65. The van der Waals surface area contributed by atoms with E-state index in [2.05, 4.69) is 17.5 Å². The van der Waals surface area contributed by atoms with Gasteiger partial charge < -0.3 is 19.7 Å². The minimum absolute atomic E-state index is 0.249. The Balaban J connectivity index is 1.74. The summed E-state index contributed by atoms with van der Waals surface area (Å²) in [5, 5.41) is 3.36. The van der Waals surface area contributed by atoms with E-state index in [4.69, 9.17) is 9.47 Å². The molecule has 1 aromatic rings. The van der Waals surface area contributed by atoms with Crippen molar-refractivity contribution in [1.82, 2.24) is 4.90 Å². The summed E-state index contributed by atoms with van der Waals surface area (Å²) < 4.78 is 11.3.